The van der Waals surface area contributed by atoms with E-state index in [0.717, 1.165) is 34.3 Å². The van der Waals surface area contributed by atoms with Gasteiger partial charge in [-0.25, -0.2) is 4.98 Å². The molecule has 160 valence electrons. The zero-order chi connectivity index (χ0) is 21.6. The monoisotopic (exact) mass is 419 g/mol. The van der Waals surface area contributed by atoms with Crippen LogP contribution >= 0.6 is 0 Å². The topological polar surface area (TPSA) is 92.7 Å². The summed E-state index contributed by atoms with van der Waals surface area (Å²) in [5.41, 5.74) is 1.86. The lowest BCUT2D eigenvalue weighted by atomic mass is 9.89. The molecule has 0 fully saturated rings. The smallest absolute Gasteiger partial charge is 0.303 e. The van der Waals surface area contributed by atoms with Crippen LogP contribution in [0.4, 0.5) is 11.6 Å². The average molecular weight is 419 g/mol. The summed E-state index contributed by atoms with van der Waals surface area (Å²) >= 11 is 0. The maximum absolute atomic E-state index is 11.4. The van der Waals surface area contributed by atoms with Gasteiger partial charge in [-0.2, -0.15) is 0 Å². The Bertz CT molecular complexity index is 1070. The summed E-state index contributed by atoms with van der Waals surface area (Å²) in [5.74, 6) is 2.77. The largest absolute Gasteiger partial charge is 0.492 e. The summed E-state index contributed by atoms with van der Waals surface area (Å²) in [5, 5.41) is 15.6. The lowest BCUT2D eigenvalue weighted by Crippen LogP contribution is -2.13. The number of hydrogen-bond acceptors (Lipinski definition) is 6. The molecule has 3 aromatic rings. The summed E-state index contributed by atoms with van der Waals surface area (Å²) in [4.78, 5) is 15.8. The number of para-hydroxylation sites is 1. The number of aromatic nitrogens is 1. The molecule has 0 amide bonds. The van der Waals surface area contributed by atoms with Gasteiger partial charge in [0.2, 0.25) is 0 Å². The maximum atomic E-state index is 11.4. The molecule has 4 rings (SSSR count). The third-order valence-electron chi connectivity index (χ3n) is 5.18. The summed E-state index contributed by atoms with van der Waals surface area (Å²) in [6.07, 6.45) is 0.627. The van der Waals surface area contributed by atoms with Crippen molar-refractivity contribution in [2.24, 2.45) is 0 Å². The first-order chi connectivity index (χ1) is 15.1. The van der Waals surface area contributed by atoms with Crippen LogP contribution in [0.1, 0.15) is 23.5 Å². The van der Waals surface area contributed by atoms with Gasteiger partial charge in [-0.3, -0.25) is 4.79 Å². The normalized spacial score (nSPS) is 14.4. The highest BCUT2D eigenvalue weighted by atomic mass is 16.5. The Balaban J connectivity index is 1.42. The first kappa shape index (κ1) is 20.5. The van der Waals surface area contributed by atoms with Crippen molar-refractivity contribution in [1.82, 2.24) is 4.98 Å². The molecule has 0 radical (unpaired) electrons. The van der Waals surface area contributed by atoms with Crippen molar-refractivity contribution in [3.8, 4) is 17.2 Å². The molecule has 3 N–H and O–H groups in total. The van der Waals surface area contributed by atoms with Gasteiger partial charge in [0.05, 0.1) is 13.0 Å². The number of carboxylic acids is 1. The first-order valence-corrected chi connectivity index (χ1v) is 10.3. The van der Waals surface area contributed by atoms with Gasteiger partial charge in [-0.15, -0.1) is 0 Å². The van der Waals surface area contributed by atoms with Gasteiger partial charge >= 0.3 is 5.97 Å². The average Bonchev–Trinajstić information content (AvgIpc) is 2.92. The maximum Gasteiger partial charge on any atom is 0.303 e. The lowest BCUT2D eigenvalue weighted by molar-refractivity contribution is -0.137. The van der Waals surface area contributed by atoms with Crippen LogP contribution in [0.15, 0.2) is 60.7 Å². The van der Waals surface area contributed by atoms with E-state index < -0.39 is 5.97 Å². The predicted octanol–water partition coefficient (Wildman–Crippen LogP) is 4.52. The van der Waals surface area contributed by atoms with Crippen LogP contribution in [-0.2, 0) is 11.2 Å². The van der Waals surface area contributed by atoms with E-state index in [-0.39, 0.29) is 12.3 Å². The Hall–Kier alpha value is -3.74. The summed E-state index contributed by atoms with van der Waals surface area (Å²) < 4.78 is 12.0. The van der Waals surface area contributed by atoms with E-state index in [1.807, 2.05) is 67.7 Å². The van der Waals surface area contributed by atoms with Gasteiger partial charge in [0.15, 0.2) is 0 Å². The highest BCUT2D eigenvalue weighted by molar-refractivity contribution is 5.69. The number of nitrogens with one attached hydrogen (secondary N) is 2. The Morgan fingerprint density at radius 2 is 1.97 bits per heavy atom. The molecule has 0 saturated carbocycles. The van der Waals surface area contributed by atoms with Crippen molar-refractivity contribution in [3.63, 3.8) is 0 Å². The lowest BCUT2D eigenvalue weighted by Gasteiger charge is -2.14. The van der Waals surface area contributed by atoms with Gasteiger partial charge < -0.3 is 25.2 Å². The second-order valence-electron chi connectivity index (χ2n) is 7.34. The van der Waals surface area contributed by atoms with Crippen LogP contribution < -0.4 is 20.1 Å². The molecule has 0 aliphatic carbocycles. The molecule has 1 unspecified atom stereocenters. The van der Waals surface area contributed by atoms with Gasteiger partial charge in [-0.05, 0) is 53.9 Å². The van der Waals surface area contributed by atoms with Crippen LogP contribution in [0.5, 0.6) is 17.2 Å². The van der Waals surface area contributed by atoms with Crippen molar-refractivity contribution in [1.29, 1.82) is 0 Å². The third kappa shape index (κ3) is 5.06. The molecule has 7 heteroatoms. The number of benzene rings is 2. The fraction of sp³-hybridized carbons (Fsp3) is 0.250. The van der Waals surface area contributed by atoms with Gasteiger partial charge in [-0.1, -0.05) is 24.3 Å². The molecule has 31 heavy (non-hydrogen) atoms. The highest BCUT2D eigenvalue weighted by Gasteiger charge is 2.25. The zero-order valence-electron chi connectivity index (χ0n) is 17.3. The van der Waals surface area contributed by atoms with E-state index in [1.165, 1.54) is 0 Å². The van der Waals surface area contributed by atoms with Crippen LogP contribution in [-0.4, -0.2) is 36.3 Å². The van der Waals surface area contributed by atoms with E-state index in [4.69, 9.17) is 9.47 Å². The quantitative estimate of drug-likeness (QED) is 0.462. The molecule has 7 nitrogen and oxygen atoms in total. The van der Waals surface area contributed by atoms with Crippen molar-refractivity contribution in [2.75, 3.05) is 30.8 Å². The number of fused-ring (bicyclic) bond motifs is 2. The van der Waals surface area contributed by atoms with E-state index in [0.29, 0.717) is 25.3 Å². The Morgan fingerprint density at radius 1 is 1.13 bits per heavy atom. The van der Waals surface area contributed by atoms with Crippen molar-refractivity contribution < 1.29 is 19.4 Å². The minimum Gasteiger partial charge on any atom is -0.492 e. The fourth-order valence-electron chi connectivity index (χ4n) is 3.72. The van der Waals surface area contributed by atoms with Gasteiger partial charge in [0, 0.05) is 13.0 Å². The number of hydrogen-bond donors (Lipinski definition) is 3. The van der Waals surface area contributed by atoms with E-state index >= 15 is 0 Å². The SMILES string of the molecule is CNc1cccc(NCCOc2ccc3c(c2)CC(CC(=O)O)c2ccccc2O3)n1. The molecule has 2 heterocycles. The second-order valence-corrected chi connectivity index (χ2v) is 7.34. The third-order valence-corrected chi connectivity index (χ3v) is 5.18. The molecule has 1 atom stereocenters. The fourth-order valence-corrected chi connectivity index (χ4v) is 3.72. The van der Waals surface area contributed by atoms with Gasteiger partial charge in [0.1, 0.15) is 35.5 Å². The number of carboxylic acid groups (broad SMARTS) is 1. The summed E-state index contributed by atoms with van der Waals surface area (Å²) in [7, 11) is 1.83. The number of anilines is 2. The molecule has 0 spiro atoms. The summed E-state index contributed by atoms with van der Waals surface area (Å²) in [6, 6.07) is 19.1. The number of rotatable bonds is 8. The first-order valence-electron chi connectivity index (χ1n) is 10.3. The molecule has 0 bridgehead atoms. The zero-order valence-corrected chi connectivity index (χ0v) is 17.3. The minimum absolute atomic E-state index is 0.0491. The Morgan fingerprint density at radius 3 is 2.81 bits per heavy atom. The number of ether oxygens (including phenoxy) is 2. The Labute approximate surface area is 181 Å². The molecule has 1 aliphatic heterocycles. The molecular weight excluding hydrogens is 394 g/mol. The molecule has 1 aromatic heterocycles. The van der Waals surface area contributed by atoms with Crippen LogP contribution in [0.25, 0.3) is 0 Å². The second kappa shape index (κ2) is 9.38. The molecule has 1 aliphatic rings. The molecule has 0 saturated heterocycles. The molecular formula is C24H25N3O4. The minimum atomic E-state index is -0.822. The molecule has 2 aromatic carbocycles. The van der Waals surface area contributed by atoms with E-state index in [2.05, 4.69) is 15.6 Å². The number of nitrogens with zero attached hydrogens (tertiary/aromatic N) is 1. The van der Waals surface area contributed by atoms with Crippen molar-refractivity contribution in [2.45, 2.75) is 18.8 Å². The van der Waals surface area contributed by atoms with E-state index in [9.17, 15) is 9.90 Å². The van der Waals surface area contributed by atoms with E-state index in [1.54, 1.807) is 0 Å². The van der Waals surface area contributed by atoms with Crippen LogP contribution in [0.2, 0.25) is 0 Å². The standard InChI is InChI=1S/C24H25N3O4/c1-25-22-7-4-8-23(27-22)26-11-12-30-18-9-10-20-17(14-18)13-16(15-24(28)29)19-5-2-3-6-21(19)31-20/h2-10,14,16H,11-13,15H2,1H3,(H,28,29)(H2,25,26,27). The number of aliphatic carboxylic acids is 1. The predicted molar refractivity (Wildman–Crippen MR) is 119 cm³/mol. The highest BCUT2D eigenvalue weighted by Crippen LogP contribution is 2.41. The number of carbonyl (C=O) groups is 1. The van der Waals surface area contributed by atoms with Gasteiger partial charge in [0.25, 0.3) is 0 Å². The van der Waals surface area contributed by atoms with Crippen molar-refractivity contribution >= 4 is 17.6 Å². The Kier molecular flexibility index (Phi) is 6.21. The van der Waals surface area contributed by atoms with Crippen LogP contribution in [0, 0.1) is 0 Å². The summed E-state index contributed by atoms with van der Waals surface area (Å²) in [6.45, 7) is 1.06. The number of pyridine rings is 1. The van der Waals surface area contributed by atoms with Crippen molar-refractivity contribution in [3.05, 3.63) is 71.8 Å². The van der Waals surface area contributed by atoms with Crippen LogP contribution in [0.3, 0.4) is 0 Å².